The van der Waals surface area contributed by atoms with E-state index in [0.29, 0.717) is 6.42 Å². The van der Waals surface area contributed by atoms with Crippen LogP contribution in [-0.4, -0.2) is 6.61 Å². The maximum absolute atomic E-state index is 10.1. The molecule has 0 heterocycles. The maximum Gasteiger partial charge on any atom is 0.0830 e. The molecule has 0 fully saturated rings. The van der Waals surface area contributed by atoms with Gasteiger partial charge in [-0.15, -0.1) is 6.58 Å². The molecule has 0 saturated heterocycles. The molecule has 0 aliphatic rings. The third-order valence-electron chi connectivity index (χ3n) is 1.30. The number of rotatable bonds is 3. The summed E-state index contributed by atoms with van der Waals surface area (Å²) in [6, 6.07) is 0. The predicted octanol–water partition coefficient (Wildman–Crippen LogP) is 2.02. The molecule has 0 saturated carbocycles. The highest BCUT2D eigenvalue weighted by Gasteiger charge is 2.10. The molecule has 0 aliphatic heterocycles. The van der Waals surface area contributed by atoms with Crippen LogP contribution in [0.1, 0.15) is 20.3 Å². The van der Waals surface area contributed by atoms with E-state index in [-0.39, 0.29) is 12.0 Å². The van der Waals surface area contributed by atoms with Crippen molar-refractivity contribution in [2.24, 2.45) is 5.41 Å². The lowest BCUT2D eigenvalue weighted by molar-refractivity contribution is 0.161. The van der Waals surface area contributed by atoms with Crippen molar-refractivity contribution in [1.29, 1.82) is 0 Å². The van der Waals surface area contributed by atoms with Crippen molar-refractivity contribution < 1.29 is 5.11 Å². The first-order valence-electron chi connectivity index (χ1n) is 2.84. The van der Waals surface area contributed by atoms with Gasteiger partial charge in [0.2, 0.25) is 0 Å². The molecule has 0 rings (SSSR count). The highest BCUT2D eigenvalue weighted by Crippen LogP contribution is 2.19. The van der Waals surface area contributed by atoms with Gasteiger partial charge >= 0.3 is 0 Å². The Hall–Kier alpha value is -0.300. The Morgan fingerprint density at radius 2 is 2.12 bits per heavy atom. The first-order valence-corrected chi connectivity index (χ1v) is 2.84. The summed E-state index contributed by atoms with van der Waals surface area (Å²) in [5.41, 5.74) is 0.0434. The number of hydrogen-bond acceptors (Lipinski definition) is 0. The molecule has 1 nitrogen and oxygen atoms in total. The summed E-state index contributed by atoms with van der Waals surface area (Å²) in [7, 11) is 0. The van der Waals surface area contributed by atoms with Crippen LogP contribution in [0.15, 0.2) is 12.7 Å². The van der Waals surface area contributed by atoms with Gasteiger partial charge in [-0.1, -0.05) is 19.9 Å². The average Bonchev–Trinajstić information content (AvgIpc) is 1.67. The zero-order valence-electron chi connectivity index (χ0n) is 5.61. The lowest BCUT2D eigenvalue weighted by Crippen LogP contribution is -2.07. The fraction of sp³-hybridized carbons (Fsp3) is 0.714. The molecule has 0 aromatic heterocycles. The van der Waals surface area contributed by atoms with Gasteiger partial charge in [-0.05, 0) is 11.8 Å². The first kappa shape index (κ1) is 7.70. The van der Waals surface area contributed by atoms with Crippen molar-refractivity contribution in [2.75, 3.05) is 6.61 Å². The van der Waals surface area contributed by atoms with Crippen LogP contribution in [-0.2, 0) is 5.11 Å². The van der Waals surface area contributed by atoms with E-state index >= 15 is 0 Å². The molecule has 0 N–H and O–H groups in total. The van der Waals surface area contributed by atoms with Gasteiger partial charge in [0.15, 0.2) is 0 Å². The van der Waals surface area contributed by atoms with Crippen LogP contribution < -0.4 is 0 Å². The fourth-order valence-electron chi connectivity index (χ4n) is 0.365. The molecule has 8 heavy (non-hydrogen) atoms. The Labute approximate surface area is 51.0 Å². The molecular weight excluding hydrogens is 100 g/mol. The summed E-state index contributed by atoms with van der Waals surface area (Å²) in [4.78, 5) is 0. The Balaban J connectivity index is 3.53. The van der Waals surface area contributed by atoms with Gasteiger partial charge in [0, 0.05) is 0 Å². The van der Waals surface area contributed by atoms with Crippen molar-refractivity contribution in [3.05, 3.63) is 12.7 Å². The van der Waals surface area contributed by atoms with Gasteiger partial charge in [-0.2, -0.15) is 0 Å². The highest BCUT2D eigenvalue weighted by atomic mass is 16.3. The van der Waals surface area contributed by atoms with Crippen LogP contribution in [0, 0.1) is 5.41 Å². The van der Waals surface area contributed by atoms with Crippen LogP contribution in [0.5, 0.6) is 0 Å². The molecule has 1 radical (unpaired) electrons. The quantitative estimate of drug-likeness (QED) is 0.499. The van der Waals surface area contributed by atoms with Crippen LogP contribution >= 0.6 is 0 Å². The van der Waals surface area contributed by atoms with Crippen molar-refractivity contribution in [3.8, 4) is 0 Å². The minimum absolute atomic E-state index is 0.000972. The minimum atomic E-state index is -0.000972. The van der Waals surface area contributed by atoms with Crippen LogP contribution in [0.25, 0.3) is 0 Å². The Morgan fingerprint density at radius 1 is 1.62 bits per heavy atom. The largest absolute Gasteiger partial charge is 0.237 e. The number of allylic oxidation sites excluding steroid dienone is 1. The molecule has 0 aromatic carbocycles. The molecule has 0 unspecified atom stereocenters. The van der Waals surface area contributed by atoms with E-state index in [1.165, 1.54) is 0 Å². The summed E-state index contributed by atoms with van der Waals surface area (Å²) in [5, 5.41) is 10.1. The number of hydrogen-bond donors (Lipinski definition) is 0. The van der Waals surface area contributed by atoms with Crippen LogP contribution in [0.4, 0.5) is 0 Å². The van der Waals surface area contributed by atoms with Crippen molar-refractivity contribution in [3.63, 3.8) is 0 Å². The normalized spacial score (nSPS) is 11.4. The zero-order chi connectivity index (χ0) is 6.62. The summed E-state index contributed by atoms with van der Waals surface area (Å²) < 4.78 is 0. The maximum atomic E-state index is 10.1. The smallest absolute Gasteiger partial charge is 0.0830 e. The Morgan fingerprint density at radius 3 is 2.25 bits per heavy atom. The molecule has 0 aliphatic carbocycles. The van der Waals surface area contributed by atoms with Gasteiger partial charge in [0.25, 0.3) is 0 Å². The third kappa shape index (κ3) is 2.80. The predicted molar refractivity (Wildman–Crippen MR) is 34.1 cm³/mol. The molecule has 0 atom stereocenters. The lowest BCUT2D eigenvalue weighted by Gasteiger charge is -2.16. The average molecular weight is 113 g/mol. The fourth-order valence-corrected chi connectivity index (χ4v) is 0.365. The molecule has 0 aromatic rings. The second-order valence-electron chi connectivity index (χ2n) is 2.65. The molecule has 1 heteroatoms. The summed E-state index contributed by atoms with van der Waals surface area (Å²) in [6.07, 6.45) is 2.52. The van der Waals surface area contributed by atoms with Crippen LogP contribution in [0.3, 0.4) is 0 Å². The summed E-state index contributed by atoms with van der Waals surface area (Å²) in [6.45, 7) is 7.63. The second kappa shape index (κ2) is 2.88. The second-order valence-corrected chi connectivity index (χ2v) is 2.65. The monoisotopic (exact) mass is 113 g/mol. The molecule has 0 spiro atoms. The van der Waals surface area contributed by atoms with E-state index in [1.54, 1.807) is 0 Å². The van der Waals surface area contributed by atoms with Gasteiger partial charge < -0.3 is 0 Å². The highest BCUT2D eigenvalue weighted by molar-refractivity contribution is 4.86. The minimum Gasteiger partial charge on any atom is -0.237 e. The zero-order valence-corrected chi connectivity index (χ0v) is 5.61. The lowest BCUT2D eigenvalue weighted by atomic mass is 9.90. The van der Waals surface area contributed by atoms with Crippen molar-refractivity contribution >= 4 is 0 Å². The Kier molecular flexibility index (Phi) is 2.77. The molecule has 47 valence electrons. The summed E-state index contributed by atoms with van der Waals surface area (Å²) in [5.74, 6) is 0. The Bertz CT molecular complexity index is 74.5. The van der Waals surface area contributed by atoms with Gasteiger partial charge in [-0.3, -0.25) is 0 Å². The van der Waals surface area contributed by atoms with E-state index in [9.17, 15) is 5.11 Å². The van der Waals surface area contributed by atoms with Gasteiger partial charge in [-0.25, -0.2) is 5.11 Å². The van der Waals surface area contributed by atoms with E-state index in [2.05, 4.69) is 6.58 Å². The van der Waals surface area contributed by atoms with Gasteiger partial charge in [0.05, 0.1) is 6.61 Å². The van der Waals surface area contributed by atoms with E-state index < -0.39 is 0 Å². The SMILES string of the molecule is C=CC(C)(C)CC[O]. The van der Waals surface area contributed by atoms with E-state index in [0.717, 1.165) is 0 Å². The molecule has 0 bridgehead atoms. The van der Waals surface area contributed by atoms with Crippen molar-refractivity contribution in [1.82, 2.24) is 0 Å². The first-order chi connectivity index (χ1) is 3.62. The van der Waals surface area contributed by atoms with E-state index in [1.807, 2.05) is 19.9 Å². The molecule has 0 amide bonds. The van der Waals surface area contributed by atoms with Crippen LogP contribution in [0.2, 0.25) is 0 Å². The van der Waals surface area contributed by atoms with E-state index in [4.69, 9.17) is 0 Å². The third-order valence-corrected chi connectivity index (χ3v) is 1.30. The molecular formula is C7H13O. The standard InChI is InChI=1S/C7H13O/c1-4-7(2,3)5-6-8/h4H,1,5-6H2,2-3H3. The van der Waals surface area contributed by atoms with Gasteiger partial charge in [0.1, 0.15) is 0 Å². The van der Waals surface area contributed by atoms with Crippen molar-refractivity contribution in [2.45, 2.75) is 20.3 Å². The topological polar surface area (TPSA) is 19.9 Å². The summed E-state index contributed by atoms with van der Waals surface area (Å²) >= 11 is 0.